The molecule has 1 aliphatic heterocycles. The van der Waals surface area contributed by atoms with Gasteiger partial charge in [-0.2, -0.15) is 0 Å². The third kappa shape index (κ3) is 3.96. The molecule has 4 nitrogen and oxygen atoms in total. The van der Waals surface area contributed by atoms with Gasteiger partial charge < -0.3 is 10.2 Å². The number of nitrogens with zero attached hydrogens (tertiary/aromatic N) is 1. The van der Waals surface area contributed by atoms with E-state index in [1.165, 1.54) is 0 Å². The summed E-state index contributed by atoms with van der Waals surface area (Å²) >= 11 is 2.25. The van der Waals surface area contributed by atoms with Crippen molar-refractivity contribution in [1.82, 2.24) is 10.2 Å². The van der Waals surface area contributed by atoms with Crippen molar-refractivity contribution in [1.29, 1.82) is 0 Å². The van der Waals surface area contributed by atoms with Crippen molar-refractivity contribution in [3.05, 3.63) is 33.4 Å². The molecule has 1 aromatic rings. The highest BCUT2D eigenvalue weighted by Crippen LogP contribution is 2.19. The van der Waals surface area contributed by atoms with E-state index in [4.69, 9.17) is 0 Å². The molecule has 0 saturated carbocycles. The molecule has 21 heavy (non-hydrogen) atoms. The fourth-order valence-corrected chi connectivity index (χ4v) is 2.88. The fraction of sp³-hybridized carbons (Fsp3) is 0.500. The summed E-state index contributed by atoms with van der Waals surface area (Å²) < 4.78 is 1.16. The molecule has 2 rings (SSSR count). The van der Waals surface area contributed by atoms with E-state index in [9.17, 15) is 9.59 Å². The molecule has 2 unspecified atom stereocenters. The van der Waals surface area contributed by atoms with Gasteiger partial charge in [-0.25, -0.2) is 0 Å². The Labute approximate surface area is 139 Å². The van der Waals surface area contributed by atoms with Crippen molar-refractivity contribution in [2.45, 2.75) is 45.8 Å². The van der Waals surface area contributed by atoms with Crippen LogP contribution in [0.15, 0.2) is 24.3 Å². The first-order valence-corrected chi connectivity index (χ1v) is 8.31. The second kappa shape index (κ2) is 6.77. The number of carbonyl (C=O) groups excluding carboxylic acids is 2. The molecule has 1 saturated heterocycles. The minimum atomic E-state index is -0.416. The Kier molecular flexibility index (Phi) is 5.24. The van der Waals surface area contributed by atoms with Gasteiger partial charge in [-0.15, -0.1) is 0 Å². The zero-order valence-corrected chi connectivity index (χ0v) is 14.8. The molecule has 114 valence electrons. The van der Waals surface area contributed by atoms with Gasteiger partial charge in [0.05, 0.1) is 0 Å². The highest BCUT2D eigenvalue weighted by molar-refractivity contribution is 14.1. The minimum absolute atomic E-state index is 0.0225. The Balaban J connectivity index is 2.16. The highest BCUT2D eigenvalue weighted by atomic mass is 127. The summed E-state index contributed by atoms with van der Waals surface area (Å²) in [5.74, 6) is 0.327. The third-order valence-electron chi connectivity index (χ3n) is 3.72. The average molecular weight is 400 g/mol. The molecule has 2 amide bonds. The number of amides is 2. The largest absolute Gasteiger partial charge is 0.343 e. The van der Waals surface area contributed by atoms with E-state index >= 15 is 0 Å². The van der Waals surface area contributed by atoms with Gasteiger partial charge in [0.2, 0.25) is 11.8 Å². The molecule has 0 aromatic heterocycles. The van der Waals surface area contributed by atoms with E-state index in [0.29, 0.717) is 18.9 Å². The zero-order chi connectivity index (χ0) is 15.6. The average Bonchev–Trinajstić information content (AvgIpc) is 2.42. The lowest BCUT2D eigenvalue weighted by molar-refractivity contribution is -0.149. The monoisotopic (exact) mass is 400 g/mol. The molecule has 1 aliphatic rings. The highest BCUT2D eigenvalue weighted by Gasteiger charge is 2.37. The van der Waals surface area contributed by atoms with Crippen LogP contribution < -0.4 is 5.32 Å². The van der Waals surface area contributed by atoms with E-state index in [1.54, 1.807) is 11.8 Å². The lowest BCUT2D eigenvalue weighted by Crippen LogP contribution is -2.62. The Morgan fingerprint density at radius 2 is 1.86 bits per heavy atom. The van der Waals surface area contributed by atoms with E-state index in [1.807, 2.05) is 24.3 Å². The number of hydrogen-bond acceptors (Lipinski definition) is 2. The van der Waals surface area contributed by atoms with E-state index in [0.717, 1.165) is 9.13 Å². The Morgan fingerprint density at radius 3 is 2.43 bits per heavy atom. The van der Waals surface area contributed by atoms with Gasteiger partial charge in [-0.05, 0) is 59.5 Å². The summed E-state index contributed by atoms with van der Waals surface area (Å²) in [4.78, 5) is 26.4. The van der Waals surface area contributed by atoms with E-state index in [2.05, 4.69) is 41.8 Å². The van der Waals surface area contributed by atoms with Gasteiger partial charge >= 0.3 is 0 Å². The van der Waals surface area contributed by atoms with Crippen molar-refractivity contribution in [2.24, 2.45) is 5.92 Å². The maximum atomic E-state index is 12.6. The van der Waals surface area contributed by atoms with Crippen LogP contribution in [0.1, 0.15) is 32.8 Å². The molecule has 1 fully saturated rings. The molecular weight excluding hydrogens is 379 g/mol. The molecule has 0 spiro atoms. The minimum Gasteiger partial charge on any atom is -0.343 e. The predicted molar refractivity (Wildman–Crippen MR) is 90.6 cm³/mol. The summed E-state index contributed by atoms with van der Waals surface area (Å²) in [6, 6.07) is 7.23. The predicted octanol–water partition coefficient (Wildman–Crippen LogP) is 2.55. The second-order valence-corrected chi connectivity index (χ2v) is 7.20. The van der Waals surface area contributed by atoms with Crippen molar-refractivity contribution < 1.29 is 9.59 Å². The Bertz CT molecular complexity index is 528. The summed E-state index contributed by atoms with van der Waals surface area (Å²) in [6.07, 6.45) is 0.681. The molecule has 1 aromatic carbocycles. The number of carbonyl (C=O) groups is 2. The van der Waals surface area contributed by atoms with Crippen LogP contribution in [0.3, 0.4) is 0 Å². The summed E-state index contributed by atoms with van der Waals surface area (Å²) in [5.41, 5.74) is 1.05. The fourth-order valence-electron chi connectivity index (χ4n) is 2.52. The topological polar surface area (TPSA) is 49.4 Å². The molecule has 0 aliphatic carbocycles. The SMILES string of the molecule is CC(C)CC1NC(=O)C(C)N(Cc2ccc(I)cc2)C1=O. The van der Waals surface area contributed by atoms with Crippen LogP contribution in [-0.2, 0) is 16.1 Å². The smallest absolute Gasteiger partial charge is 0.246 e. The number of rotatable bonds is 4. The van der Waals surface area contributed by atoms with Crippen LogP contribution in [0.2, 0.25) is 0 Å². The zero-order valence-electron chi connectivity index (χ0n) is 12.6. The number of piperazine rings is 1. The summed E-state index contributed by atoms with van der Waals surface area (Å²) in [6.45, 7) is 6.38. The first kappa shape index (κ1) is 16.3. The van der Waals surface area contributed by atoms with Crippen molar-refractivity contribution >= 4 is 34.4 Å². The first-order valence-electron chi connectivity index (χ1n) is 7.23. The molecule has 0 bridgehead atoms. The van der Waals surface area contributed by atoms with Gasteiger partial charge in [-0.3, -0.25) is 9.59 Å². The molecular formula is C16H21IN2O2. The second-order valence-electron chi connectivity index (χ2n) is 5.96. The number of nitrogens with one attached hydrogen (secondary N) is 1. The Morgan fingerprint density at radius 1 is 1.24 bits per heavy atom. The van der Waals surface area contributed by atoms with Gasteiger partial charge in [0.1, 0.15) is 12.1 Å². The van der Waals surface area contributed by atoms with Gasteiger partial charge in [0.25, 0.3) is 0 Å². The Hall–Kier alpha value is -1.11. The van der Waals surface area contributed by atoms with Gasteiger partial charge in [0, 0.05) is 10.1 Å². The van der Waals surface area contributed by atoms with Crippen LogP contribution in [-0.4, -0.2) is 28.8 Å². The summed E-state index contributed by atoms with van der Waals surface area (Å²) in [5, 5.41) is 2.84. The third-order valence-corrected chi connectivity index (χ3v) is 4.44. The van der Waals surface area contributed by atoms with Crippen LogP contribution in [0.4, 0.5) is 0 Å². The number of hydrogen-bond donors (Lipinski definition) is 1. The molecule has 1 N–H and O–H groups in total. The lowest BCUT2D eigenvalue weighted by atomic mass is 9.98. The molecule has 0 radical (unpaired) electrons. The van der Waals surface area contributed by atoms with Gasteiger partial charge in [-0.1, -0.05) is 26.0 Å². The van der Waals surface area contributed by atoms with E-state index in [-0.39, 0.29) is 11.8 Å². The lowest BCUT2D eigenvalue weighted by Gasteiger charge is -2.38. The quantitative estimate of drug-likeness (QED) is 0.790. The standard InChI is InChI=1S/C16H21IN2O2/c1-10(2)8-14-16(21)19(11(3)15(20)18-14)9-12-4-6-13(17)7-5-12/h4-7,10-11,14H,8-9H2,1-3H3,(H,18,20). The number of benzene rings is 1. The van der Waals surface area contributed by atoms with Crippen LogP contribution in [0, 0.1) is 9.49 Å². The molecule has 5 heteroatoms. The van der Waals surface area contributed by atoms with Crippen LogP contribution >= 0.6 is 22.6 Å². The van der Waals surface area contributed by atoms with Crippen molar-refractivity contribution in [3.63, 3.8) is 0 Å². The maximum Gasteiger partial charge on any atom is 0.246 e. The van der Waals surface area contributed by atoms with Crippen molar-refractivity contribution in [2.75, 3.05) is 0 Å². The van der Waals surface area contributed by atoms with Crippen molar-refractivity contribution in [3.8, 4) is 0 Å². The molecule has 1 heterocycles. The first-order chi connectivity index (χ1) is 9.88. The maximum absolute atomic E-state index is 12.6. The number of halogens is 1. The van der Waals surface area contributed by atoms with Crippen LogP contribution in [0.5, 0.6) is 0 Å². The molecule has 2 atom stereocenters. The van der Waals surface area contributed by atoms with E-state index < -0.39 is 12.1 Å². The normalized spacial score (nSPS) is 22.6. The van der Waals surface area contributed by atoms with Gasteiger partial charge in [0.15, 0.2) is 0 Å². The van der Waals surface area contributed by atoms with Crippen LogP contribution in [0.25, 0.3) is 0 Å². The summed E-state index contributed by atoms with van der Waals surface area (Å²) in [7, 11) is 0.